The summed E-state index contributed by atoms with van der Waals surface area (Å²) in [5, 5.41) is 9.77. The van der Waals surface area contributed by atoms with Gasteiger partial charge in [-0.15, -0.1) is 11.8 Å². The van der Waals surface area contributed by atoms with Gasteiger partial charge in [0.25, 0.3) is 0 Å². The zero-order valence-electron chi connectivity index (χ0n) is 9.86. The van der Waals surface area contributed by atoms with E-state index in [-0.39, 0.29) is 6.61 Å². The van der Waals surface area contributed by atoms with E-state index < -0.39 is 0 Å². The van der Waals surface area contributed by atoms with Crippen molar-refractivity contribution in [1.29, 1.82) is 0 Å². The maximum absolute atomic E-state index is 8.97. The van der Waals surface area contributed by atoms with Gasteiger partial charge in [-0.1, -0.05) is 19.1 Å². The summed E-state index contributed by atoms with van der Waals surface area (Å²) in [4.78, 5) is 1.34. The third kappa shape index (κ3) is 3.26. The second-order valence-corrected chi connectivity index (χ2v) is 6.18. The van der Waals surface area contributed by atoms with Crippen LogP contribution in [0.5, 0.6) is 0 Å². The number of hydrogen-bond acceptors (Lipinski definition) is 2. The molecule has 2 rings (SSSR count). The van der Waals surface area contributed by atoms with E-state index in [0.717, 1.165) is 16.7 Å². The highest BCUT2D eigenvalue weighted by Gasteiger charge is 2.18. The Kier molecular flexibility index (Phi) is 4.30. The Morgan fingerprint density at radius 1 is 1.12 bits per heavy atom. The molecule has 0 aliphatic heterocycles. The van der Waals surface area contributed by atoms with Crippen molar-refractivity contribution in [3.8, 4) is 0 Å². The quantitative estimate of drug-likeness (QED) is 0.860. The molecular formula is C14H20OS. The summed E-state index contributed by atoms with van der Waals surface area (Å²) < 4.78 is 0. The topological polar surface area (TPSA) is 20.2 Å². The minimum Gasteiger partial charge on any atom is -0.392 e. The maximum Gasteiger partial charge on any atom is 0.0681 e. The van der Waals surface area contributed by atoms with Crippen molar-refractivity contribution in [1.82, 2.24) is 0 Å². The fraction of sp³-hybridized carbons (Fsp3) is 0.571. The monoisotopic (exact) mass is 236 g/mol. The molecule has 0 saturated heterocycles. The van der Waals surface area contributed by atoms with E-state index in [1.54, 1.807) is 0 Å². The third-order valence-corrected chi connectivity index (χ3v) is 4.72. The van der Waals surface area contributed by atoms with Crippen molar-refractivity contribution < 1.29 is 5.11 Å². The molecule has 1 aliphatic carbocycles. The van der Waals surface area contributed by atoms with Crippen LogP contribution in [-0.4, -0.2) is 10.4 Å². The summed E-state index contributed by atoms with van der Waals surface area (Å²) in [5.41, 5.74) is 1.00. The molecule has 1 aromatic rings. The van der Waals surface area contributed by atoms with Crippen molar-refractivity contribution in [2.45, 2.75) is 49.4 Å². The van der Waals surface area contributed by atoms with E-state index in [1.165, 1.54) is 30.6 Å². The molecule has 0 heterocycles. The van der Waals surface area contributed by atoms with Gasteiger partial charge in [-0.05, 0) is 49.3 Å². The Hall–Kier alpha value is -0.470. The molecule has 1 N–H and O–H groups in total. The van der Waals surface area contributed by atoms with Gasteiger partial charge in [0.2, 0.25) is 0 Å². The summed E-state index contributed by atoms with van der Waals surface area (Å²) in [6, 6.07) is 8.31. The highest BCUT2D eigenvalue weighted by molar-refractivity contribution is 8.00. The van der Waals surface area contributed by atoms with Crippen LogP contribution < -0.4 is 0 Å². The van der Waals surface area contributed by atoms with E-state index in [2.05, 4.69) is 19.1 Å². The predicted octanol–water partition coefficient (Wildman–Crippen LogP) is 3.85. The number of aliphatic hydroxyl groups excluding tert-OH is 1. The van der Waals surface area contributed by atoms with E-state index >= 15 is 0 Å². The standard InChI is InChI=1S/C14H20OS/c1-11-2-6-13(7-3-11)16-14-8-4-12(10-15)5-9-14/h4-5,8-9,11,13,15H,2-3,6-7,10H2,1H3. The fourth-order valence-electron chi connectivity index (χ4n) is 2.21. The minimum atomic E-state index is 0.145. The van der Waals surface area contributed by atoms with Gasteiger partial charge in [0.1, 0.15) is 0 Å². The summed E-state index contributed by atoms with van der Waals surface area (Å²) in [6.07, 6.45) is 5.47. The number of rotatable bonds is 3. The van der Waals surface area contributed by atoms with Crippen molar-refractivity contribution >= 4 is 11.8 Å². The second-order valence-electron chi connectivity index (χ2n) is 4.80. The average molecular weight is 236 g/mol. The Bertz CT molecular complexity index is 312. The lowest BCUT2D eigenvalue weighted by Crippen LogP contribution is -2.13. The zero-order valence-corrected chi connectivity index (χ0v) is 10.7. The van der Waals surface area contributed by atoms with Crippen molar-refractivity contribution in [2.75, 3.05) is 0 Å². The van der Waals surface area contributed by atoms with E-state index in [1.807, 2.05) is 23.9 Å². The molecule has 0 aromatic heterocycles. The largest absolute Gasteiger partial charge is 0.392 e. The summed E-state index contributed by atoms with van der Waals surface area (Å²) in [5.74, 6) is 0.925. The van der Waals surface area contributed by atoms with Crippen LogP contribution in [0.3, 0.4) is 0 Å². The maximum atomic E-state index is 8.97. The van der Waals surface area contributed by atoms with Crippen LogP contribution in [0.15, 0.2) is 29.2 Å². The molecule has 0 radical (unpaired) electrons. The lowest BCUT2D eigenvalue weighted by atomic mass is 9.91. The van der Waals surface area contributed by atoms with Crippen LogP contribution in [0.1, 0.15) is 38.2 Å². The predicted molar refractivity (Wildman–Crippen MR) is 69.6 cm³/mol. The van der Waals surface area contributed by atoms with Crippen molar-refractivity contribution in [3.63, 3.8) is 0 Å². The van der Waals surface area contributed by atoms with Gasteiger partial charge in [0, 0.05) is 10.1 Å². The first-order valence-corrected chi connectivity index (χ1v) is 7.02. The van der Waals surface area contributed by atoms with E-state index in [9.17, 15) is 0 Å². The van der Waals surface area contributed by atoms with Crippen molar-refractivity contribution in [2.24, 2.45) is 5.92 Å². The molecule has 1 aliphatic rings. The van der Waals surface area contributed by atoms with E-state index in [4.69, 9.17) is 5.11 Å². The van der Waals surface area contributed by atoms with Gasteiger partial charge in [-0.2, -0.15) is 0 Å². The minimum absolute atomic E-state index is 0.145. The first-order chi connectivity index (χ1) is 7.78. The molecule has 16 heavy (non-hydrogen) atoms. The highest BCUT2D eigenvalue weighted by Crippen LogP contribution is 2.35. The molecule has 2 heteroatoms. The number of thioether (sulfide) groups is 1. The number of benzene rings is 1. The molecule has 0 spiro atoms. The van der Waals surface area contributed by atoms with Gasteiger partial charge < -0.3 is 5.11 Å². The van der Waals surface area contributed by atoms with Gasteiger partial charge in [-0.3, -0.25) is 0 Å². The summed E-state index contributed by atoms with van der Waals surface area (Å²) >= 11 is 2.00. The molecule has 1 nitrogen and oxygen atoms in total. The summed E-state index contributed by atoms with van der Waals surface area (Å²) in [6.45, 7) is 2.50. The average Bonchev–Trinajstić information content (AvgIpc) is 2.33. The highest BCUT2D eigenvalue weighted by atomic mass is 32.2. The van der Waals surface area contributed by atoms with Crippen LogP contribution in [-0.2, 0) is 6.61 Å². The Morgan fingerprint density at radius 3 is 2.31 bits per heavy atom. The van der Waals surface area contributed by atoms with Crippen LogP contribution >= 0.6 is 11.8 Å². The lowest BCUT2D eigenvalue weighted by Gasteiger charge is -2.25. The molecule has 1 saturated carbocycles. The molecular weight excluding hydrogens is 216 g/mol. The van der Waals surface area contributed by atoms with Gasteiger partial charge in [-0.25, -0.2) is 0 Å². The third-order valence-electron chi connectivity index (χ3n) is 3.37. The van der Waals surface area contributed by atoms with E-state index in [0.29, 0.717) is 0 Å². The fourth-order valence-corrected chi connectivity index (χ4v) is 3.40. The molecule has 0 bridgehead atoms. The second kappa shape index (κ2) is 5.74. The van der Waals surface area contributed by atoms with Gasteiger partial charge in [0.15, 0.2) is 0 Å². The zero-order chi connectivity index (χ0) is 11.4. The van der Waals surface area contributed by atoms with Gasteiger partial charge >= 0.3 is 0 Å². The Morgan fingerprint density at radius 2 is 1.75 bits per heavy atom. The number of hydrogen-bond donors (Lipinski definition) is 1. The van der Waals surface area contributed by atoms with Crippen LogP contribution in [0, 0.1) is 5.92 Å². The SMILES string of the molecule is CC1CCC(Sc2ccc(CO)cc2)CC1. The Balaban J connectivity index is 1.88. The molecule has 1 fully saturated rings. The first kappa shape index (κ1) is 12.0. The lowest BCUT2D eigenvalue weighted by molar-refractivity contribution is 0.282. The summed E-state index contributed by atoms with van der Waals surface area (Å²) in [7, 11) is 0. The van der Waals surface area contributed by atoms with Crippen LogP contribution in [0.25, 0.3) is 0 Å². The van der Waals surface area contributed by atoms with Crippen LogP contribution in [0.4, 0.5) is 0 Å². The molecule has 0 unspecified atom stereocenters. The first-order valence-electron chi connectivity index (χ1n) is 6.14. The molecule has 1 aromatic carbocycles. The molecule has 0 amide bonds. The Labute approximate surface area is 102 Å². The molecule has 0 atom stereocenters. The normalized spacial score (nSPS) is 25.6. The molecule has 88 valence electrons. The number of aliphatic hydroxyl groups is 1. The smallest absolute Gasteiger partial charge is 0.0681 e. The van der Waals surface area contributed by atoms with Crippen LogP contribution in [0.2, 0.25) is 0 Å². The van der Waals surface area contributed by atoms with Gasteiger partial charge in [0.05, 0.1) is 6.61 Å². The van der Waals surface area contributed by atoms with Crippen molar-refractivity contribution in [3.05, 3.63) is 29.8 Å².